The minimum atomic E-state index is -1.19. The van der Waals surface area contributed by atoms with Gasteiger partial charge in [0.25, 0.3) is 0 Å². The Morgan fingerprint density at radius 1 is 0.744 bits per heavy atom. The maximum absolute atomic E-state index is 11.3. The van der Waals surface area contributed by atoms with Crippen molar-refractivity contribution in [3.05, 3.63) is 71.8 Å². The lowest BCUT2D eigenvalue weighted by Gasteiger charge is -2.45. The highest BCUT2D eigenvalue weighted by Gasteiger charge is 2.61. The van der Waals surface area contributed by atoms with Gasteiger partial charge in [-0.15, -0.1) is 0 Å². The third-order valence-corrected chi connectivity index (χ3v) is 8.08. The standard InChI is InChI=1S/C32H42O11/c1-31(2)37-18-22(41-31)24-26(28-30(39-24)43-32(3,4)42-28)40-29-27(36-17-20-13-9-6-10-14-20)25(23(34)21(15-33)38-29)35-16-19-11-7-5-8-12-19/h5-14,21-30,33-34H,15-18H2,1-4H3/t21-,22-,23-,24-,25+,26+,27+,28-,29+,30-/m1/s1. The van der Waals surface area contributed by atoms with Crippen molar-refractivity contribution in [3.63, 3.8) is 0 Å². The summed E-state index contributed by atoms with van der Waals surface area (Å²) in [5.41, 5.74) is 1.85. The zero-order chi connectivity index (χ0) is 30.2. The maximum atomic E-state index is 11.3. The zero-order valence-corrected chi connectivity index (χ0v) is 24.9. The van der Waals surface area contributed by atoms with Crippen LogP contribution in [0.1, 0.15) is 38.8 Å². The summed E-state index contributed by atoms with van der Waals surface area (Å²) in [6.07, 6.45) is -8.10. The molecule has 0 saturated carbocycles. The summed E-state index contributed by atoms with van der Waals surface area (Å²) in [7, 11) is 0. The van der Waals surface area contributed by atoms with Gasteiger partial charge in [0, 0.05) is 0 Å². The lowest BCUT2D eigenvalue weighted by Crippen LogP contribution is -2.62. The van der Waals surface area contributed by atoms with Crippen LogP contribution in [0.2, 0.25) is 0 Å². The second kappa shape index (κ2) is 12.8. The highest BCUT2D eigenvalue weighted by atomic mass is 16.9. The molecule has 0 unspecified atom stereocenters. The van der Waals surface area contributed by atoms with Crippen LogP contribution in [0.25, 0.3) is 0 Å². The predicted octanol–water partition coefficient (Wildman–Crippen LogP) is 2.65. The molecule has 43 heavy (non-hydrogen) atoms. The van der Waals surface area contributed by atoms with Crippen LogP contribution in [0.5, 0.6) is 0 Å². The Kier molecular flexibility index (Phi) is 9.21. The van der Waals surface area contributed by atoms with Crippen molar-refractivity contribution in [3.8, 4) is 0 Å². The van der Waals surface area contributed by atoms with Crippen molar-refractivity contribution in [1.29, 1.82) is 0 Å². The summed E-state index contributed by atoms with van der Waals surface area (Å²) in [6.45, 7) is 7.58. The van der Waals surface area contributed by atoms with Crippen LogP contribution in [-0.4, -0.2) is 96.4 Å². The molecule has 4 saturated heterocycles. The molecule has 0 spiro atoms. The van der Waals surface area contributed by atoms with Gasteiger partial charge in [0.2, 0.25) is 0 Å². The summed E-state index contributed by atoms with van der Waals surface area (Å²) in [5, 5.41) is 21.5. The molecule has 6 rings (SSSR count). The first-order chi connectivity index (χ1) is 20.6. The van der Waals surface area contributed by atoms with Crippen LogP contribution in [0.4, 0.5) is 0 Å². The number of ether oxygens (including phenoxy) is 9. The predicted molar refractivity (Wildman–Crippen MR) is 150 cm³/mol. The molecule has 236 valence electrons. The molecule has 4 aliphatic heterocycles. The molecular formula is C32H42O11. The first-order valence-electron chi connectivity index (χ1n) is 14.9. The fourth-order valence-electron chi connectivity index (χ4n) is 6.04. The zero-order valence-electron chi connectivity index (χ0n) is 24.9. The SMILES string of the molecule is CC1(C)O[C@H]2O[C@H]([C@H]3COC(C)(C)O3)[C@H](O[C@@H]3O[C@H](CO)[C@@H](O)[C@H](OCc4ccccc4)[C@@H]3OCc3ccccc3)[C@H]2O1. The van der Waals surface area contributed by atoms with E-state index in [2.05, 4.69) is 0 Å². The first kappa shape index (κ1) is 31.0. The Bertz CT molecular complexity index is 1180. The summed E-state index contributed by atoms with van der Waals surface area (Å²) in [6, 6.07) is 19.3. The molecule has 0 bridgehead atoms. The Morgan fingerprint density at radius 3 is 1.95 bits per heavy atom. The van der Waals surface area contributed by atoms with E-state index in [9.17, 15) is 10.2 Å². The molecule has 11 nitrogen and oxygen atoms in total. The molecule has 10 atom stereocenters. The van der Waals surface area contributed by atoms with Crippen LogP contribution in [0.3, 0.4) is 0 Å². The van der Waals surface area contributed by atoms with Gasteiger partial charge in [0.15, 0.2) is 24.2 Å². The molecule has 11 heteroatoms. The molecule has 4 fully saturated rings. The largest absolute Gasteiger partial charge is 0.394 e. The van der Waals surface area contributed by atoms with Crippen LogP contribution >= 0.6 is 0 Å². The Balaban J connectivity index is 1.28. The molecule has 2 N–H and O–H groups in total. The molecule has 0 amide bonds. The van der Waals surface area contributed by atoms with Gasteiger partial charge in [-0.2, -0.15) is 0 Å². The van der Waals surface area contributed by atoms with Gasteiger partial charge < -0.3 is 52.8 Å². The average Bonchev–Trinajstić information content (AvgIpc) is 3.61. The number of hydrogen-bond donors (Lipinski definition) is 2. The molecule has 4 heterocycles. The second-order valence-corrected chi connectivity index (χ2v) is 12.3. The lowest BCUT2D eigenvalue weighted by atomic mass is 9.98. The van der Waals surface area contributed by atoms with Crippen LogP contribution in [0, 0.1) is 0 Å². The van der Waals surface area contributed by atoms with Gasteiger partial charge in [-0.05, 0) is 38.8 Å². The van der Waals surface area contributed by atoms with Crippen LogP contribution < -0.4 is 0 Å². The summed E-state index contributed by atoms with van der Waals surface area (Å²) in [4.78, 5) is 0. The van der Waals surface area contributed by atoms with E-state index in [0.717, 1.165) is 11.1 Å². The minimum absolute atomic E-state index is 0.214. The van der Waals surface area contributed by atoms with E-state index < -0.39 is 79.6 Å². The molecule has 2 aromatic rings. The number of aliphatic hydroxyl groups excluding tert-OH is 2. The van der Waals surface area contributed by atoms with E-state index in [0.29, 0.717) is 6.61 Å². The monoisotopic (exact) mass is 602 g/mol. The molecule has 2 aromatic carbocycles. The van der Waals surface area contributed by atoms with E-state index in [1.807, 2.05) is 88.4 Å². The van der Waals surface area contributed by atoms with Gasteiger partial charge in [0.05, 0.1) is 26.4 Å². The van der Waals surface area contributed by atoms with Crippen LogP contribution in [0.15, 0.2) is 60.7 Å². The Hall–Kier alpha value is -2.00. The fraction of sp³-hybridized carbons (Fsp3) is 0.625. The molecule has 0 radical (unpaired) electrons. The van der Waals surface area contributed by atoms with Crippen molar-refractivity contribution in [2.24, 2.45) is 0 Å². The average molecular weight is 603 g/mol. The van der Waals surface area contributed by atoms with Crippen molar-refractivity contribution in [2.75, 3.05) is 13.2 Å². The van der Waals surface area contributed by atoms with Crippen molar-refractivity contribution < 1.29 is 52.8 Å². The van der Waals surface area contributed by atoms with E-state index in [1.54, 1.807) is 0 Å². The summed E-state index contributed by atoms with van der Waals surface area (Å²) < 4.78 is 56.2. The maximum Gasteiger partial charge on any atom is 0.190 e. The Labute approximate surface area is 251 Å². The third kappa shape index (κ3) is 6.98. The Morgan fingerprint density at radius 2 is 1.37 bits per heavy atom. The van der Waals surface area contributed by atoms with Crippen molar-refractivity contribution in [2.45, 2.75) is 114 Å². The van der Waals surface area contributed by atoms with Gasteiger partial charge in [-0.25, -0.2) is 0 Å². The second-order valence-electron chi connectivity index (χ2n) is 12.3. The summed E-state index contributed by atoms with van der Waals surface area (Å²) >= 11 is 0. The highest BCUT2D eigenvalue weighted by molar-refractivity contribution is 5.15. The topological polar surface area (TPSA) is 124 Å². The van der Waals surface area contributed by atoms with Gasteiger partial charge in [-0.3, -0.25) is 0 Å². The van der Waals surface area contributed by atoms with E-state index in [1.165, 1.54) is 0 Å². The highest BCUT2D eigenvalue weighted by Crippen LogP contribution is 2.43. The fourth-order valence-corrected chi connectivity index (χ4v) is 6.04. The molecule has 4 aliphatic rings. The van der Waals surface area contributed by atoms with Crippen LogP contribution in [-0.2, 0) is 55.8 Å². The number of benzene rings is 2. The van der Waals surface area contributed by atoms with Crippen molar-refractivity contribution in [1.82, 2.24) is 0 Å². The number of aliphatic hydroxyl groups is 2. The quantitative estimate of drug-likeness (QED) is 0.417. The minimum Gasteiger partial charge on any atom is -0.394 e. The van der Waals surface area contributed by atoms with Crippen molar-refractivity contribution >= 4 is 0 Å². The molecule has 0 aliphatic carbocycles. The van der Waals surface area contributed by atoms with Gasteiger partial charge in [0.1, 0.15) is 48.8 Å². The molecular weight excluding hydrogens is 560 g/mol. The number of fused-ring (bicyclic) bond motifs is 1. The number of rotatable bonds is 10. The number of hydrogen-bond acceptors (Lipinski definition) is 11. The first-order valence-corrected chi connectivity index (χ1v) is 14.9. The van der Waals surface area contributed by atoms with E-state index >= 15 is 0 Å². The normalized spacial score (nSPS) is 38.3. The van der Waals surface area contributed by atoms with Gasteiger partial charge >= 0.3 is 0 Å². The molecule has 0 aromatic heterocycles. The van der Waals surface area contributed by atoms with Gasteiger partial charge in [-0.1, -0.05) is 60.7 Å². The third-order valence-electron chi connectivity index (χ3n) is 8.08. The van der Waals surface area contributed by atoms with E-state index in [-0.39, 0.29) is 13.2 Å². The summed E-state index contributed by atoms with van der Waals surface area (Å²) in [5.74, 6) is -1.68. The van der Waals surface area contributed by atoms with E-state index in [4.69, 9.17) is 42.6 Å². The lowest BCUT2D eigenvalue weighted by molar-refractivity contribution is -0.339. The smallest absolute Gasteiger partial charge is 0.190 e.